The zero-order valence-corrected chi connectivity index (χ0v) is 10.4. The van der Waals surface area contributed by atoms with Crippen LogP contribution in [0, 0.1) is 5.92 Å². The van der Waals surface area contributed by atoms with E-state index in [0.29, 0.717) is 17.8 Å². The molecule has 1 atom stereocenters. The number of esters is 1. The Morgan fingerprint density at radius 3 is 3.06 bits per heavy atom. The maximum atomic E-state index is 11.2. The SMILES string of the molecule is COC(=O)Cc1nc2n(n1)C(C(C)C)CCN2. The minimum Gasteiger partial charge on any atom is -0.469 e. The lowest BCUT2D eigenvalue weighted by atomic mass is 10.0. The molecule has 1 aromatic rings. The number of ether oxygens (including phenoxy) is 1. The summed E-state index contributed by atoms with van der Waals surface area (Å²) in [6.45, 7) is 5.24. The summed E-state index contributed by atoms with van der Waals surface area (Å²) in [5, 5.41) is 7.58. The third-order valence-corrected chi connectivity index (χ3v) is 3.01. The van der Waals surface area contributed by atoms with E-state index in [-0.39, 0.29) is 12.4 Å². The number of nitrogens with one attached hydrogen (secondary N) is 1. The van der Waals surface area contributed by atoms with Crippen molar-refractivity contribution >= 4 is 11.9 Å². The molecule has 1 N–H and O–H groups in total. The lowest BCUT2D eigenvalue weighted by molar-refractivity contribution is -0.139. The van der Waals surface area contributed by atoms with Crippen LogP contribution in [0.2, 0.25) is 0 Å². The summed E-state index contributed by atoms with van der Waals surface area (Å²) in [6.07, 6.45) is 1.16. The zero-order valence-electron chi connectivity index (χ0n) is 10.4. The summed E-state index contributed by atoms with van der Waals surface area (Å²) < 4.78 is 6.51. The lowest BCUT2D eigenvalue weighted by Gasteiger charge is -2.27. The van der Waals surface area contributed by atoms with Crippen molar-refractivity contribution in [3.05, 3.63) is 5.82 Å². The summed E-state index contributed by atoms with van der Waals surface area (Å²) in [5.41, 5.74) is 0. The molecule has 0 saturated carbocycles. The van der Waals surface area contributed by atoms with Crippen molar-refractivity contribution in [1.29, 1.82) is 0 Å². The van der Waals surface area contributed by atoms with E-state index in [2.05, 4.69) is 34.0 Å². The molecule has 2 heterocycles. The molecule has 1 aliphatic rings. The summed E-state index contributed by atoms with van der Waals surface area (Å²) in [5.74, 6) is 1.47. The molecule has 0 fully saturated rings. The van der Waals surface area contributed by atoms with Crippen LogP contribution in [-0.4, -0.2) is 34.4 Å². The van der Waals surface area contributed by atoms with Crippen LogP contribution in [0.25, 0.3) is 0 Å². The number of aromatic nitrogens is 3. The fourth-order valence-electron chi connectivity index (χ4n) is 2.07. The van der Waals surface area contributed by atoms with Gasteiger partial charge in [-0.3, -0.25) is 4.79 Å². The number of nitrogens with zero attached hydrogens (tertiary/aromatic N) is 3. The van der Waals surface area contributed by atoms with Gasteiger partial charge in [0.05, 0.1) is 13.2 Å². The lowest BCUT2D eigenvalue weighted by Crippen LogP contribution is -2.27. The fourth-order valence-corrected chi connectivity index (χ4v) is 2.07. The Hall–Kier alpha value is -1.59. The number of carbonyl (C=O) groups excluding carboxylic acids is 1. The van der Waals surface area contributed by atoms with Crippen LogP contribution in [-0.2, 0) is 16.0 Å². The summed E-state index contributed by atoms with van der Waals surface area (Å²) >= 11 is 0. The number of hydrogen-bond donors (Lipinski definition) is 1. The second kappa shape index (κ2) is 4.73. The van der Waals surface area contributed by atoms with Crippen LogP contribution >= 0.6 is 0 Å². The van der Waals surface area contributed by atoms with Gasteiger partial charge in [-0.15, -0.1) is 0 Å². The van der Waals surface area contributed by atoms with E-state index in [1.807, 2.05) is 4.68 Å². The Morgan fingerprint density at radius 1 is 1.65 bits per heavy atom. The molecular formula is C11H18N4O2. The molecule has 0 aliphatic carbocycles. The molecule has 1 unspecified atom stereocenters. The molecule has 0 spiro atoms. The standard InChI is InChI=1S/C11H18N4O2/c1-7(2)8-4-5-12-11-13-9(14-15(8)11)6-10(16)17-3/h7-8H,4-6H2,1-3H3,(H,12,13,14). The molecule has 0 bridgehead atoms. The van der Waals surface area contributed by atoms with E-state index in [0.717, 1.165) is 18.9 Å². The van der Waals surface area contributed by atoms with Gasteiger partial charge in [0, 0.05) is 6.54 Å². The van der Waals surface area contributed by atoms with Crippen molar-refractivity contribution in [2.24, 2.45) is 5.92 Å². The molecule has 2 rings (SSSR count). The van der Waals surface area contributed by atoms with Gasteiger partial charge in [-0.1, -0.05) is 13.8 Å². The van der Waals surface area contributed by atoms with Gasteiger partial charge in [0.15, 0.2) is 5.82 Å². The van der Waals surface area contributed by atoms with E-state index >= 15 is 0 Å². The smallest absolute Gasteiger partial charge is 0.313 e. The Balaban J connectivity index is 2.21. The zero-order chi connectivity index (χ0) is 12.4. The summed E-state index contributed by atoms with van der Waals surface area (Å²) in [7, 11) is 1.37. The van der Waals surface area contributed by atoms with E-state index in [9.17, 15) is 4.79 Å². The Morgan fingerprint density at radius 2 is 2.41 bits per heavy atom. The number of anilines is 1. The second-order valence-electron chi connectivity index (χ2n) is 4.58. The van der Waals surface area contributed by atoms with Crippen molar-refractivity contribution in [3.8, 4) is 0 Å². The Kier molecular flexibility index (Phi) is 3.31. The first-order valence-corrected chi connectivity index (χ1v) is 5.88. The van der Waals surface area contributed by atoms with Crippen molar-refractivity contribution in [2.45, 2.75) is 32.7 Å². The molecule has 0 amide bonds. The first-order chi connectivity index (χ1) is 8.11. The minimum absolute atomic E-state index is 0.128. The van der Waals surface area contributed by atoms with Crippen molar-refractivity contribution in [2.75, 3.05) is 19.0 Å². The minimum atomic E-state index is -0.311. The molecule has 94 valence electrons. The molecule has 6 heteroatoms. The van der Waals surface area contributed by atoms with Crippen LogP contribution in [0.3, 0.4) is 0 Å². The van der Waals surface area contributed by atoms with Gasteiger partial charge in [-0.2, -0.15) is 10.1 Å². The average Bonchev–Trinajstić information content (AvgIpc) is 2.70. The average molecular weight is 238 g/mol. The topological polar surface area (TPSA) is 69.0 Å². The maximum Gasteiger partial charge on any atom is 0.313 e. The Labute approximate surface area is 100 Å². The van der Waals surface area contributed by atoms with Crippen molar-refractivity contribution in [3.63, 3.8) is 0 Å². The number of carbonyl (C=O) groups is 1. The van der Waals surface area contributed by atoms with Crippen LogP contribution < -0.4 is 5.32 Å². The van der Waals surface area contributed by atoms with Crippen LogP contribution in [0.4, 0.5) is 5.95 Å². The monoisotopic (exact) mass is 238 g/mol. The highest BCUT2D eigenvalue weighted by molar-refractivity contribution is 5.71. The fraction of sp³-hybridized carbons (Fsp3) is 0.727. The number of rotatable bonds is 3. The quantitative estimate of drug-likeness (QED) is 0.796. The molecule has 0 radical (unpaired) electrons. The first-order valence-electron chi connectivity index (χ1n) is 5.88. The van der Waals surface area contributed by atoms with E-state index in [1.54, 1.807) is 0 Å². The van der Waals surface area contributed by atoms with Crippen molar-refractivity contribution in [1.82, 2.24) is 14.8 Å². The van der Waals surface area contributed by atoms with Gasteiger partial charge >= 0.3 is 5.97 Å². The third-order valence-electron chi connectivity index (χ3n) is 3.01. The van der Waals surface area contributed by atoms with Crippen LogP contribution in [0.15, 0.2) is 0 Å². The summed E-state index contributed by atoms with van der Waals surface area (Å²) in [4.78, 5) is 15.5. The van der Waals surface area contributed by atoms with Gasteiger partial charge in [-0.25, -0.2) is 4.68 Å². The van der Waals surface area contributed by atoms with Gasteiger partial charge in [0.1, 0.15) is 6.42 Å². The predicted octanol–water partition coefficient (Wildman–Crippen LogP) is 1.01. The highest BCUT2D eigenvalue weighted by Crippen LogP contribution is 2.27. The van der Waals surface area contributed by atoms with Crippen LogP contribution in [0.5, 0.6) is 0 Å². The molecule has 0 saturated heterocycles. The molecule has 17 heavy (non-hydrogen) atoms. The normalized spacial score (nSPS) is 18.7. The molecule has 1 aromatic heterocycles. The molecule has 0 aromatic carbocycles. The molecule has 6 nitrogen and oxygen atoms in total. The van der Waals surface area contributed by atoms with Crippen molar-refractivity contribution < 1.29 is 9.53 Å². The second-order valence-corrected chi connectivity index (χ2v) is 4.58. The van der Waals surface area contributed by atoms with Gasteiger partial charge in [0.25, 0.3) is 0 Å². The molecular weight excluding hydrogens is 220 g/mol. The largest absolute Gasteiger partial charge is 0.469 e. The number of fused-ring (bicyclic) bond motifs is 1. The van der Waals surface area contributed by atoms with Gasteiger partial charge < -0.3 is 10.1 Å². The highest BCUT2D eigenvalue weighted by atomic mass is 16.5. The van der Waals surface area contributed by atoms with Gasteiger partial charge in [0.2, 0.25) is 5.95 Å². The van der Waals surface area contributed by atoms with Crippen LogP contribution in [0.1, 0.15) is 32.1 Å². The first kappa shape index (κ1) is 11.9. The molecule has 1 aliphatic heterocycles. The predicted molar refractivity (Wildman–Crippen MR) is 62.7 cm³/mol. The van der Waals surface area contributed by atoms with E-state index in [4.69, 9.17) is 0 Å². The Bertz CT molecular complexity index is 414. The van der Waals surface area contributed by atoms with E-state index < -0.39 is 0 Å². The maximum absolute atomic E-state index is 11.2. The van der Waals surface area contributed by atoms with E-state index in [1.165, 1.54) is 7.11 Å². The number of hydrogen-bond acceptors (Lipinski definition) is 5. The highest BCUT2D eigenvalue weighted by Gasteiger charge is 2.25. The number of methoxy groups -OCH3 is 1. The third kappa shape index (κ3) is 2.40. The van der Waals surface area contributed by atoms with Gasteiger partial charge in [-0.05, 0) is 12.3 Å². The summed E-state index contributed by atoms with van der Waals surface area (Å²) in [6, 6.07) is 0.352.